The van der Waals surface area contributed by atoms with Gasteiger partial charge in [-0.1, -0.05) is 13.0 Å². The Labute approximate surface area is 115 Å². The van der Waals surface area contributed by atoms with Crippen LogP contribution < -0.4 is 10.5 Å². The van der Waals surface area contributed by atoms with Gasteiger partial charge >= 0.3 is 0 Å². The second kappa shape index (κ2) is 5.02. The Bertz CT molecular complexity index is 578. The van der Waals surface area contributed by atoms with Crippen molar-refractivity contribution in [2.75, 3.05) is 12.8 Å². The van der Waals surface area contributed by atoms with E-state index in [1.807, 2.05) is 13.1 Å². The molecule has 1 aromatic carbocycles. The summed E-state index contributed by atoms with van der Waals surface area (Å²) in [6.45, 7) is 2.12. The molecule has 0 radical (unpaired) electrons. The number of hydrogen-bond acceptors (Lipinski definition) is 3. The lowest BCUT2D eigenvalue weighted by molar-refractivity contribution is 0.416. The predicted octanol–water partition coefficient (Wildman–Crippen LogP) is 3.00. The number of nitrogen functional groups attached to an aromatic ring is 1. The van der Waals surface area contributed by atoms with Crippen molar-refractivity contribution in [3.05, 3.63) is 28.4 Å². The number of nitrogens with two attached hydrogens (primary N) is 1. The van der Waals surface area contributed by atoms with Crippen LogP contribution in [0.15, 0.2) is 22.8 Å². The Morgan fingerprint density at radius 1 is 1.44 bits per heavy atom. The molecule has 18 heavy (non-hydrogen) atoms. The number of imidazole rings is 1. The number of anilines is 1. The van der Waals surface area contributed by atoms with Crippen LogP contribution in [0, 0.1) is 0 Å². The Kier molecular flexibility index (Phi) is 3.61. The minimum Gasteiger partial charge on any atom is -0.496 e. The summed E-state index contributed by atoms with van der Waals surface area (Å²) in [6.07, 6.45) is 0.969. The quantitative estimate of drug-likeness (QED) is 0.948. The van der Waals surface area contributed by atoms with Crippen LogP contribution in [0.4, 0.5) is 5.95 Å². The molecule has 96 valence electrons. The molecule has 0 amide bonds. The van der Waals surface area contributed by atoms with Crippen molar-refractivity contribution in [3.8, 4) is 17.0 Å². The van der Waals surface area contributed by atoms with Gasteiger partial charge in [-0.25, -0.2) is 4.98 Å². The third-order valence-electron chi connectivity index (χ3n) is 2.99. The van der Waals surface area contributed by atoms with E-state index in [0.717, 1.165) is 28.0 Å². The van der Waals surface area contributed by atoms with Crippen LogP contribution in [0.5, 0.6) is 5.75 Å². The van der Waals surface area contributed by atoms with E-state index in [0.29, 0.717) is 5.95 Å². The standard InChI is InChI=1S/C13H16BrN3O/c1-4-8-5-6-10(18-3)9(7-8)11-12(14)17(2)13(15)16-11/h5-7H,4H2,1-3H3,(H2,15,16). The fourth-order valence-corrected chi connectivity index (χ4v) is 2.31. The molecular formula is C13H16BrN3O. The van der Waals surface area contributed by atoms with E-state index < -0.39 is 0 Å². The first kappa shape index (κ1) is 13.0. The summed E-state index contributed by atoms with van der Waals surface area (Å²) in [5.41, 5.74) is 8.82. The van der Waals surface area contributed by atoms with Gasteiger partial charge in [0.25, 0.3) is 0 Å². The number of benzene rings is 1. The SMILES string of the molecule is CCc1ccc(OC)c(-c2nc(N)n(C)c2Br)c1. The number of aromatic nitrogens is 2. The van der Waals surface area contributed by atoms with Gasteiger partial charge in [-0.3, -0.25) is 0 Å². The highest BCUT2D eigenvalue weighted by atomic mass is 79.9. The van der Waals surface area contributed by atoms with Crippen molar-refractivity contribution in [1.82, 2.24) is 9.55 Å². The summed E-state index contributed by atoms with van der Waals surface area (Å²) in [5.74, 6) is 1.27. The lowest BCUT2D eigenvalue weighted by Crippen LogP contribution is -1.96. The minimum absolute atomic E-state index is 0.473. The molecule has 0 unspecified atom stereocenters. The summed E-state index contributed by atoms with van der Waals surface area (Å²) >= 11 is 3.51. The highest BCUT2D eigenvalue weighted by Gasteiger charge is 2.16. The summed E-state index contributed by atoms with van der Waals surface area (Å²) in [5, 5.41) is 0. The Morgan fingerprint density at radius 3 is 2.67 bits per heavy atom. The second-order valence-corrected chi connectivity index (χ2v) is 4.81. The maximum atomic E-state index is 5.82. The number of aryl methyl sites for hydroxylation is 1. The van der Waals surface area contributed by atoms with Gasteiger partial charge < -0.3 is 15.0 Å². The molecule has 0 aliphatic rings. The third-order valence-corrected chi connectivity index (χ3v) is 3.89. The van der Waals surface area contributed by atoms with Crippen LogP contribution in [-0.2, 0) is 13.5 Å². The first-order chi connectivity index (χ1) is 8.58. The summed E-state index contributed by atoms with van der Waals surface area (Å²) in [7, 11) is 3.52. The number of nitrogens with zero attached hydrogens (tertiary/aromatic N) is 2. The van der Waals surface area contributed by atoms with Crippen LogP contribution in [-0.4, -0.2) is 16.7 Å². The number of hydrogen-bond donors (Lipinski definition) is 1. The van der Waals surface area contributed by atoms with Crippen molar-refractivity contribution in [2.24, 2.45) is 7.05 Å². The lowest BCUT2D eigenvalue weighted by atomic mass is 10.1. The van der Waals surface area contributed by atoms with E-state index in [-0.39, 0.29) is 0 Å². The molecule has 0 spiro atoms. The van der Waals surface area contributed by atoms with Crippen LogP contribution in [0.2, 0.25) is 0 Å². The van der Waals surface area contributed by atoms with Gasteiger partial charge in [0.15, 0.2) is 0 Å². The van der Waals surface area contributed by atoms with E-state index in [4.69, 9.17) is 10.5 Å². The Morgan fingerprint density at radius 2 is 2.17 bits per heavy atom. The van der Waals surface area contributed by atoms with Crippen LogP contribution in [0.25, 0.3) is 11.3 Å². The normalized spacial score (nSPS) is 10.7. The average Bonchev–Trinajstić information content (AvgIpc) is 2.65. The van der Waals surface area contributed by atoms with Crippen LogP contribution in [0.3, 0.4) is 0 Å². The second-order valence-electron chi connectivity index (χ2n) is 4.06. The molecule has 0 aliphatic carbocycles. The zero-order chi connectivity index (χ0) is 13.3. The summed E-state index contributed by atoms with van der Waals surface area (Å²) in [4.78, 5) is 4.38. The van der Waals surface area contributed by atoms with Crippen molar-refractivity contribution in [2.45, 2.75) is 13.3 Å². The van der Waals surface area contributed by atoms with E-state index in [2.05, 4.69) is 40.0 Å². The third kappa shape index (κ3) is 2.10. The van der Waals surface area contributed by atoms with Crippen LogP contribution >= 0.6 is 15.9 Å². The van der Waals surface area contributed by atoms with Crippen molar-refractivity contribution in [1.29, 1.82) is 0 Å². The highest BCUT2D eigenvalue weighted by Crippen LogP contribution is 2.35. The minimum atomic E-state index is 0.473. The number of rotatable bonds is 3. The lowest BCUT2D eigenvalue weighted by Gasteiger charge is -2.09. The average molecular weight is 310 g/mol. The van der Waals surface area contributed by atoms with Gasteiger partial charge in [0.1, 0.15) is 16.0 Å². The molecule has 2 rings (SSSR count). The van der Waals surface area contributed by atoms with Crippen molar-refractivity contribution in [3.63, 3.8) is 0 Å². The molecule has 0 atom stereocenters. The van der Waals surface area contributed by atoms with Crippen LogP contribution in [0.1, 0.15) is 12.5 Å². The van der Waals surface area contributed by atoms with E-state index in [9.17, 15) is 0 Å². The van der Waals surface area contributed by atoms with Crippen molar-refractivity contribution < 1.29 is 4.74 Å². The topological polar surface area (TPSA) is 53.1 Å². The Balaban J connectivity index is 2.64. The molecule has 0 saturated carbocycles. The molecule has 1 heterocycles. The van der Waals surface area contributed by atoms with Gasteiger partial charge in [-0.15, -0.1) is 0 Å². The predicted molar refractivity (Wildman–Crippen MR) is 76.7 cm³/mol. The van der Waals surface area contributed by atoms with Gasteiger partial charge in [0.2, 0.25) is 5.95 Å². The molecule has 0 aliphatic heterocycles. The van der Waals surface area contributed by atoms with Gasteiger partial charge in [-0.05, 0) is 40.0 Å². The van der Waals surface area contributed by atoms with E-state index in [1.165, 1.54) is 5.56 Å². The van der Waals surface area contributed by atoms with Gasteiger partial charge in [-0.2, -0.15) is 0 Å². The Hall–Kier alpha value is -1.49. The fraction of sp³-hybridized carbons (Fsp3) is 0.308. The zero-order valence-corrected chi connectivity index (χ0v) is 12.3. The largest absolute Gasteiger partial charge is 0.496 e. The zero-order valence-electron chi connectivity index (χ0n) is 10.7. The molecule has 4 nitrogen and oxygen atoms in total. The summed E-state index contributed by atoms with van der Waals surface area (Å²) < 4.78 is 8.04. The highest BCUT2D eigenvalue weighted by molar-refractivity contribution is 9.10. The van der Waals surface area contributed by atoms with Crippen molar-refractivity contribution >= 4 is 21.9 Å². The molecule has 0 saturated heterocycles. The molecule has 0 bridgehead atoms. The molecule has 2 aromatic rings. The molecule has 0 fully saturated rings. The number of ether oxygens (including phenoxy) is 1. The van der Waals surface area contributed by atoms with E-state index in [1.54, 1.807) is 11.7 Å². The maximum absolute atomic E-state index is 5.82. The number of methoxy groups -OCH3 is 1. The fourth-order valence-electron chi connectivity index (χ4n) is 1.83. The number of halogens is 1. The van der Waals surface area contributed by atoms with E-state index >= 15 is 0 Å². The molecule has 1 aromatic heterocycles. The van der Waals surface area contributed by atoms with Gasteiger partial charge in [0.05, 0.1) is 7.11 Å². The molecular weight excluding hydrogens is 294 g/mol. The molecule has 5 heteroatoms. The molecule has 2 N–H and O–H groups in total. The summed E-state index contributed by atoms with van der Waals surface area (Å²) in [6, 6.07) is 6.11. The monoisotopic (exact) mass is 309 g/mol. The van der Waals surface area contributed by atoms with Gasteiger partial charge in [0, 0.05) is 12.6 Å². The first-order valence-electron chi connectivity index (χ1n) is 5.73. The first-order valence-corrected chi connectivity index (χ1v) is 6.52. The maximum Gasteiger partial charge on any atom is 0.201 e. The smallest absolute Gasteiger partial charge is 0.201 e.